The summed E-state index contributed by atoms with van der Waals surface area (Å²) in [6.45, 7) is 2.50. The monoisotopic (exact) mass is 751 g/mol. The second-order valence-corrected chi connectivity index (χ2v) is 14.5. The summed E-state index contributed by atoms with van der Waals surface area (Å²) in [6, 6.07) is 9.78. The minimum atomic E-state index is -4.72. The first-order valence-electron chi connectivity index (χ1n) is 14.6. The predicted octanol–water partition coefficient (Wildman–Crippen LogP) is 7.88. The van der Waals surface area contributed by atoms with Crippen LogP contribution in [-0.2, 0) is 12.4 Å². The largest absolute Gasteiger partial charge is 0.417 e. The van der Waals surface area contributed by atoms with Gasteiger partial charge in [-0.05, 0) is 54.6 Å². The summed E-state index contributed by atoms with van der Waals surface area (Å²) >= 11 is 4.37. The zero-order valence-corrected chi connectivity index (χ0v) is 29.0. The summed E-state index contributed by atoms with van der Waals surface area (Å²) in [6.07, 6.45) is -8.74. The van der Waals surface area contributed by atoms with Gasteiger partial charge in [0.25, 0.3) is 11.8 Å². The van der Waals surface area contributed by atoms with Crippen molar-refractivity contribution in [2.24, 2.45) is 17.2 Å². The van der Waals surface area contributed by atoms with Crippen LogP contribution in [-0.4, -0.2) is 54.5 Å². The van der Waals surface area contributed by atoms with Gasteiger partial charge < -0.3 is 27.8 Å². The topological polar surface area (TPSA) is 136 Å². The summed E-state index contributed by atoms with van der Waals surface area (Å²) < 4.78 is 84.0. The van der Waals surface area contributed by atoms with E-state index >= 15 is 0 Å². The molecule has 262 valence electrons. The maximum atomic E-state index is 14.0. The molecule has 48 heavy (non-hydrogen) atoms. The summed E-state index contributed by atoms with van der Waals surface area (Å²) in [5, 5.41) is 5.05. The normalized spacial score (nSPS) is 11.9. The van der Waals surface area contributed by atoms with Gasteiger partial charge in [0, 0.05) is 67.6 Å². The number of halogens is 6. The highest BCUT2D eigenvalue weighted by molar-refractivity contribution is 8.00. The van der Waals surface area contributed by atoms with E-state index in [1.807, 2.05) is 6.92 Å². The number of amides is 2. The Hall–Kier alpha value is -2.54. The maximum absolute atomic E-state index is 14.0. The first kappa shape index (κ1) is 39.9. The first-order valence-corrected chi connectivity index (χ1v) is 18.5. The minimum absolute atomic E-state index is 0.0317. The summed E-state index contributed by atoms with van der Waals surface area (Å²) in [5.41, 5.74) is 14.6. The number of carbonyl (C=O) groups is 2. The van der Waals surface area contributed by atoms with Gasteiger partial charge in [0.2, 0.25) is 0 Å². The average molecular weight is 752 g/mol. The number of nitrogens with one attached hydrogen (secondary N) is 2. The van der Waals surface area contributed by atoms with Gasteiger partial charge in [0.05, 0.1) is 22.5 Å². The van der Waals surface area contributed by atoms with Crippen molar-refractivity contribution in [3.63, 3.8) is 0 Å². The molecule has 0 aliphatic carbocycles. The van der Waals surface area contributed by atoms with Gasteiger partial charge in [-0.25, -0.2) is 0 Å². The molecule has 0 aromatic heterocycles. The Labute approximate surface area is 291 Å². The Morgan fingerprint density at radius 1 is 0.604 bits per heavy atom. The fourth-order valence-electron chi connectivity index (χ4n) is 4.15. The molecular weight excluding hydrogens is 717 g/mol. The molecule has 0 bridgehead atoms. The molecule has 3 rings (SSSR count). The van der Waals surface area contributed by atoms with Crippen molar-refractivity contribution < 1.29 is 35.9 Å². The molecule has 0 saturated heterocycles. The van der Waals surface area contributed by atoms with E-state index in [2.05, 4.69) is 10.6 Å². The lowest BCUT2D eigenvalue weighted by Gasteiger charge is -2.19. The zero-order valence-electron chi connectivity index (χ0n) is 25.7. The highest BCUT2D eigenvalue weighted by Crippen LogP contribution is 2.44. The molecule has 0 heterocycles. The molecule has 0 aliphatic heterocycles. The van der Waals surface area contributed by atoms with Gasteiger partial charge >= 0.3 is 12.4 Å². The van der Waals surface area contributed by atoms with Gasteiger partial charge in [-0.3, -0.25) is 9.59 Å². The summed E-state index contributed by atoms with van der Waals surface area (Å²) in [5.74, 6) is -0.128. The van der Waals surface area contributed by atoms with E-state index in [1.54, 1.807) is 0 Å². The average Bonchev–Trinajstić information content (AvgIpc) is 3.04. The van der Waals surface area contributed by atoms with Crippen molar-refractivity contribution in [1.29, 1.82) is 0 Å². The quantitative estimate of drug-likeness (QED) is 0.0732. The van der Waals surface area contributed by atoms with Crippen LogP contribution in [0.1, 0.15) is 45.2 Å². The van der Waals surface area contributed by atoms with Crippen LogP contribution in [0.3, 0.4) is 0 Å². The molecule has 0 fully saturated rings. The summed E-state index contributed by atoms with van der Waals surface area (Å²) in [7, 11) is 0. The third kappa shape index (κ3) is 11.2. The van der Waals surface area contributed by atoms with Crippen LogP contribution in [0.4, 0.5) is 37.7 Å². The molecule has 0 atom stereocenters. The van der Waals surface area contributed by atoms with Gasteiger partial charge in [-0.1, -0.05) is 13.0 Å². The second kappa shape index (κ2) is 18.5. The van der Waals surface area contributed by atoms with Crippen LogP contribution in [0.5, 0.6) is 0 Å². The number of thioether (sulfide) groups is 4. The van der Waals surface area contributed by atoms with Crippen LogP contribution in [0.2, 0.25) is 0 Å². The van der Waals surface area contributed by atoms with Crippen molar-refractivity contribution in [2.75, 3.05) is 53.3 Å². The maximum Gasteiger partial charge on any atom is 0.417 e. The highest BCUT2D eigenvalue weighted by Gasteiger charge is 2.36. The van der Waals surface area contributed by atoms with Crippen molar-refractivity contribution in [3.05, 3.63) is 70.8 Å². The lowest BCUT2D eigenvalue weighted by atomic mass is 10.1. The lowest BCUT2D eigenvalue weighted by Crippen LogP contribution is -2.18. The third-order valence-corrected chi connectivity index (χ3v) is 10.8. The Balaban J connectivity index is 1.96. The Morgan fingerprint density at radius 2 is 0.979 bits per heavy atom. The fraction of sp³-hybridized carbons (Fsp3) is 0.355. The van der Waals surface area contributed by atoms with E-state index in [1.165, 1.54) is 59.9 Å². The molecule has 0 radical (unpaired) electrons. The van der Waals surface area contributed by atoms with Crippen LogP contribution in [0, 0.1) is 0 Å². The van der Waals surface area contributed by atoms with Crippen LogP contribution in [0.25, 0.3) is 0 Å². The molecule has 2 amide bonds. The molecule has 8 N–H and O–H groups in total. The van der Waals surface area contributed by atoms with Crippen molar-refractivity contribution in [3.8, 4) is 0 Å². The molecule has 17 heteroatoms. The van der Waals surface area contributed by atoms with Crippen LogP contribution in [0.15, 0.2) is 68.1 Å². The number of hydrogen-bond donors (Lipinski definition) is 5. The van der Waals surface area contributed by atoms with Gasteiger partial charge in [0.1, 0.15) is 0 Å². The number of alkyl halides is 6. The lowest BCUT2D eigenvalue weighted by molar-refractivity contribution is -0.140. The summed E-state index contributed by atoms with van der Waals surface area (Å²) in [4.78, 5) is 27.4. The third-order valence-electron chi connectivity index (χ3n) is 6.25. The van der Waals surface area contributed by atoms with Gasteiger partial charge in [-0.15, -0.1) is 47.0 Å². The number of carbonyl (C=O) groups excluding carboxylic acids is 2. The molecule has 0 spiro atoms. The fourth-order valence-corrected chi connectivity index (χ4v) is 7.73. The minimum Gasteiger partial charge on any atom is -0.330 e. The second-order valence-electron chi connectivity index (χ2n) is 9.93. The van der Waals surface area contributed by atoms with Crippen LogP contribution >= 0.6 is 47.0 Å². The van der Waals surface area contributed by atoms with Crippen molar-refractivity contribution >= 4 is 70.2 Å². The van der Waals surface area contributed by atoms with E-state index in [-0.39, 0.29) is 57.7 Å². The van der Waals surface area contributed by atoms with E-state index < -0.39 is 35.3 Å². The van der Waals surface area contributed by atoms with Gasteiger partial charge in [0.15, 0.2) is 0 Å². The standard InChI is InChI=1S/C31H35F6N5O2S4/c1-2-9-45-24-16-26(47-11-7-39)22(14-20(24)30(32,33)34)41-28(43)18-4-3-5-19(13-18)29(44)42-23-15-21(31(35,36)37)25(46-10-6-38)17-27(23)48-12-8-40/h3-5,13-17H,2,6-12,38-40H2,1H3,(H,41,43)(H,42,44). The molecule has 0 saturated carbocycles. The highest BCUT2D eigenvalue weighted by atomic mass is 32.2. The zero-order chi connectivity index (χ0) is 35.5. The number of rotatable bonds is 16. The number of anilines is 2. The Bertz CT molecular complexity index is 1460. The molecular formula is C31H35F6N5O2S4. The van der Waals surface area contributed by atoms with Crippen LogP contribution < -0.4 is 27.8 Å². The van der Waals surface area contributed by atoms with E-state index in [0.717, 1.165) is 35.7 Å². The van der Waals surface area contributed by atoms with Gasteiger partial charge in [-0.2, -0.15) is 26.3 Å². The number of hydrogen-bond acceptors (Lipinski definition) is 9. The van der Waals surface area contributed by atoms with E-state index in [9.17, 15) is 35.9 Å². The first-order chi connectivity index (χ1) is 22.7. The van der Waals surface area contributed by atoms with Crippen molar-refractivity contribution in [1.82, 2.24) is 0 Å². The van der Waals surface area contributed by atoms with E-state index in [0.29, 0.717) is 33.5 Å². The number of benzene rings is 3. The molecule has 3 aromatic rings. The smallest absolute Gasteiger partial charge is 0.330 e. The molecule has 0 unspecified atom stereocenters. The predicted molar refractivity (Wildman–Crippen MR) is 186 cm³/mol. The molecule has 0 aliphatic rings. The van der Waals surface area contributed by atoms with E-state index in [4.69, 9.17) is 17.2 Å². The number of nitrogens with two attached hydrogens (primary N) is 3. The SMILES string of the molecule is CCCSc1cc(SCCN)c(NC(=O)c2cccc(C(=O)Nc3cc(C(F)(F)F)c(SCCN)cc3SCCN)c2)cc1C(F)(F)F. The van der Waals surface area contributed by atoms with Crippen molar-refractivity contribution in [2.45, 2.75) is 45.3 Å². The molecule has 3 aromatic carbocycles. The molecule has 7 nitrogen and oxygen atoms in total. The Morgan fingerprint density at radius 3 is 1.33 bits per heavy atom. The Kier molecular flexibility index (Phi) is 15.3.